The van der Waals surface area contributed by atoms with Gasteiger partial charge in [-0.15, -0.1) is 0 Å². The highest BCUT2D eigenvalue weighted by Crippen LogP contribution is 2.08. The van der Waals surface area contributed by atoms with Crippen molar-refractivity contribution >= 4 is 11.6 Å². The third kappa shape index (κ3) is 2.91. The summed E-state index contributed by atoms with van der Waals surface area (Å²) in [6, 6.07) is 3.24. The van der Waals surface area contributed by atoms with Gasteiger partial charge in [-0.3, -0.25) is 15.6 Å². The summed E-state index contributed by atoms with van der Waals surface area (Å²) in [5.74, 6) is 5.03. The maximum atomic E-state index is 11.9. The Kier molecular flexibility index (Phi) is 4.68. The van der Waals surface area contributed by atoms with Crippen LogP contribution < -0.4 is 11.3 Å². The van der Waals surface area contributed by atoms with Gasteiger partial charge < -0.3 is 15.4 Å². The van der Waals surface area contributed by atoms with Crippen LogP contribution in [0.1, 0.15) is 17.4 Å². The Bertz CT molecular complexity index is 356. The molecule has 0 unspecified atom stereocenters. The number of nitrogens with two attached hydrogens (primary N) is 1. The molecule has 0 saturated carbocycles. The number of amides is 1. The van der Waals surface area contributed by atoms with E-state index in [1.54, 1.807) is 12.1 Å². The van der Waals surface area contributed by atoms with E-state index in [0.29, 0.717) is 24.5 Å². The Morgan fingerprint density at radius 3 is 3.00 bits per heavy atom. The third-order valence-corrected chi connectivity index (χ3v) is 2.18. The molecule has 88 valence electrons. The molecule has 0 bridgehead atoms. The van der Waals surface area contributed by atoms with Gasteiger partial charge in [0, 0.05) is 19.3 Å². The number of hydrogen-bond donors (Lipinski definition) is 3. The molecule has 0 aromatic carbocycles. The molecule has 4 N–H and O–H groups in total. The zero-order chi connectivity index (χ0) is 12.0. The van der Waals surface area contributed by atoms with Gasteiger partial charge in [-0.1, -0.05) is 0 Å². The van der Waals surface area contributed by atoms with Gasteiger partial charge in [0.25, 0.3) is 5.91 Å². The number of aliphatic hydroxyl groups is 1. The molecule has 0 aliphatic carbocycles. The van der Waals surface area contributed by atoms with Crippen LogP contribution in [0.25, 0.3) is 0 Å². The van der Waals surface area contributed by atoms with Crippen LogP contribution in [0, 0.1) is 0 Å². The summed E-state index contributed by atoms with van der Waals surface area (Å²) in [6.07, 6.45) is 1.51. The zero-order valence-corrected chi connectivity index (χ0v) is 9.18. The number of nitrogens with zero attached hydrogens (tertiary/aromatic N) is 2. The monoisotopic (exact) mass is 224 g/mol. The number of aromatic nitrogens is 1. The van der Waals surface area contributed by atoms with Gasteiger partial charge in [0.15, 0.2) is 0 Å². The Morgan fingerprint density at radius 1 is 1.69 bits per heavy atom. The largest absolute Gasteiger partial charge is 0.395 e. The van der Waals surface area contributed by atoms with E-state index in [4.69, 9.17) is 10.9 Å². The summed E-state index contributed by atoms with van der Waals surface area (Å²) in [5, 5.41) is 8.82. The number of rotatable bonds is 5. The molecule has 1 amide bonds. The second kappa shape index (κ2) is 6.04. The molecule has 0 radical (unpaired) electrons. The molecule has 0 spiro atoms. The predicted molar refractivity (Wildman–Crippen MR) is 60.7 cm³/mol. The van der Waals surface area contributed by atoms with Crippen molar-refractivity contribution in [3.8, 4) is 0 Å². The summed E-state index contributed by atoms with van der Waals surface area (Å²) in [5.41, 5.74) is 3.39. The summed E-state index contributed by atoms with van der Waals surface area (Å²) in [7, 11) is 0. The highest BCUT2D eigenvalue weighted by Gasteiger charge is 2.14. The molecule has 0 atom stereocenters. The van der Waals surface area contributed by atoms with Gasteiger partial charge >= 0.3 is 0 Å². The molecule has 0 fully saturated rings. The third-order valence-electron chi connectivity index (χ3n) is 2.18. The summed E-state index contributed by atoms with van der Waals surface area (Å²) >= 11 is 0. The van der Waals surface area contributed by atoms with Crippen molar-refractivity contribution < 1.29 is 9.90 Å². The van der Waals surface area contributed by atoms with Crippen LogP contribution in [0.5, 0.6) is 0 Å². The average molecular weight is 224 g/mol. The molecule has 1 aromatic heterocycles. The number of likely N-dealkylation sites (N-methyl/N-ethyl adjacent to an activating group) is 1. The van der Waals surface area contributed by atoms with Crippen LogP contribution in [0.4, 0.5) is 5.69 Å². The molecule has 1 rings (SSSR count). The van der Waals surface area contributed by atoms with Crippen molar-refractivity contribution in [2.45, 2.75) is 6.92 Å². The fourth-order valence-electron chi connectivity index (χ4n) is 1.32. The second-order valence-electron chi connectivity index (χ2n) is 3.18. The number of anilines is 1. The maximum absolute atomic E-state index is 11.9. The standard InChI is InChI=1S/C10H16N4O2/c1-2-14(5-6-15)10(16)9-7-8(13-11)3-4-12-9/h3-4,7,15H,2,5-6,11H2,1H3,(H,12,13). The van der Waals surface area contributed by atoms with Gasteiger partial charge in [-0.2, -0.15) is 0 Å². The van der Waals surface area contributed by atoms with Crippen molar-refractivity contribution in [3.63, 3.8) is 0 Å². The van der Waals surface area contributed by atoms with Gasteiger partial charge in [0.2, 0.25) is 0 Å². The molecule has 0 aliphatic heterocycles. The number of nitrogen functional groups attached to an aromatic ring is 1. The van der Waals surface area contributed by atoms with Crippen LogP contribution in [-0.4, -0.2) is 40.6 Å². The quantitative estimate of drug-likeness (QED) is 0.477. The van der Waals surface area contributed by atoms with Gasteiger partial charge in [-0.05, 0) is 19.1 Å². The van der Waals surface area contributed by atoms with Crippen LogP contribution in [-0.2, 0) is 0 Å². The lowest BCUT2D eigenvalue weighted by molar-refractivity contribution is 0.0726. The molecule has 16 heavy (non-hydrogen) atoms. The van der Waals surface area contributed by atoms with E-state index < -0.39 is 0 Å². The Balaban J connectivity index is 2.85. The molecular formula is C10H16N4O2. The molecule has 1 heterocycles. The van der Waals surface area contributed by atoms with Crippen molar-refractivity contribution in [3.05, 3.63) is 24.0 Å². The first-order valence-corrected chi connectivity index (χ1v) is 5.05. The van der Waals surface area contributed by atoms with E-state index in [1.807, 2.05) is 6.92 Å². The highest BCUT2D eigenvalue weighted by atomic mass is 16.3. The van der Waals surface area contributed by atoms with Gasteiger partial charge in [0.1, 0.15) is 5.69 Å². The molecule has 6 heteroatoms. The maximum Gasteiger partial charge on any atom is 0.272 e. The average Bonchev–Trinajstić information content (AvgIpc) is 2.35. The van der Waals surface area contributed by atoms with E-state index in [-0.39, 0.29) is 12.5 Å². The van der Waals surface area contributed by atoms with E-state index in [9.17, 15) is 4.79 Å². The Hall–Kier alpha value is -1.66. The smallest absolute Gasteiger partial charge is 0.272 e. The van der Waals surface area contributed by atoms with Crippen LogP contribution >= 0.6 is 0 Å². The van der Waals surface area contributed by atoms with Crippen LogP contribution in [0.2, 0.25) is 0 Å². The van der Waals surface area contributed by atoms with Crippen molar-refractivity contribution in [1.82, 2.24) is 9.88 Å². The lowest BCUT2D eigenvalue weighted by Gasteiger charge is -2.19. The van der Waals surface area contributed by atoms with Crippen molar-refractivity contribution in [1.29, 1.82) is 0 Å². The first-order valence-electron chi connectivity index (χ1n) is 5.05. The number of carbonyl (C=O) groups is 1. The minimum Gasteiger partial charge on any atom is -0.395 e. The van der Waals surface area contributed by atoms with Crippen molar-refractivity contribution in [2.75, 3.05) is 25.1 Å². The molecule has 1 aromatic rings. The van der Waals surface area contributed by atoms with Gasteiger partial charge in [-0.25, -0.2) is 0 Å². The summed E-state index contributed by atoms with van der Waals surface area (Å²) in [6.45, 7) is 2.62. The first-order chi connectivity index (χ1) is 7.72. The number of hydrazine groups is 1. The Morgan fingerprint density at radius 2 is 2.44 bits per heavy atom. The molecule has 0 saturated heterocycles. The Labute approximate surface area is 94.1 Å². The lowest BCUT2D eigenvalue weighted by atomic mass is 10.3. The number of nitrogens with one attached hydrogen (secondary N) is 1. The summed E-state index contributed by atoms with van der Waals surface area (Å²) in [4.78, 5) is 17.4. The molecule has 6 nitrogen and oxygen atoms in total. The van der Waals surface area contributed by atoms with E-state index >= 15 is 0 Å². The SMILES string of the molecule is CCN(CCO)C(=O)c1cc(NN)ccn1. The number of hydrogen-bond acceptors (Lipinski definition) is 5. The molecule has 0 aliphatic rings. The fraction of sp³-hybridized carbons (Fsp3) is 0.400. The lowest BCUT2D eigenvalue weighted by Crippen LogP contribution is -2.33. The number of aliphatic hydroxyl groups excluding tert-OH is 1. The van der Waals surface area contributed by atoms with E-state index in [2.05, 4.69) is 10.4 Å². The normalized spacial score (nSPS) is 9.94. The summed E-state index contributed by atoms with van der Waals surface area (Å²) < 4.78 is 0. The highest BCUT2D eigenvalue weighted by molar-refractivity contribution is 5.93. The second-order valence-corrected chi connectivity index (χ2v) is 3.18. The van der Waals surface area contributed by atoms with E-state index in [0.717, 1.165) is 0 Å². The van der Waals surface area contributed by atoms with E-state index in [1.165, 1.54) is 11.1 Å². The predicted octanol–water partition coefficient (Wildman–Crippen LogP) is -0.178. The minimum absolute atomic E-state index is 0.0611. The van der Waals surface area contributed by atoms with Gasteiger partial charge in [0.05, 0.1) is 12.3 Å². The minimum atomic E-state index is -0.214. The number of pyridine rings is 1. The molecular weight excluding hydrogens is 208 g/mol. The number of carbonyl (C=O) groups excluding carboxylic acids is 1. The fourth-order valence-corrected chi connectivity index (χ4v) is 1.32. The first kappa shape index (κ1) is 12.4. The van der Waals surface area contributed by atoms with Crippen LogP contribution in [0.3, 0.4) is 0 Å². The van der Waals surface area contributed by atoms with Crippen molar-refractivity contribution in [2.24, 2.45) is 5.84 Å². The van der Waals surface area contributed by atoms with Crippen LogP contribution in [0.15, 0.2) is 18.3 Å². The topological polar surface area (TPSA) is 91.5 Å². The zero-order valence-electron chi connectivity index (χ0n) is 9.18.